The highest BCUT2D eigenvalue weighted by Gasteiger charge is 2.22. The van der Waals surface area contributed by atoms with Crippen molar-refractivity contribution < 1.29 is 1.43 Å². The van der Waals surface area contributed by atoms with Gasteiger partial charge in [0.1, 0.15) is 5.84 Å². The molecule has 96 valence electrons. The first kappa shape index (κ1) is 15.2. The first-order chi connectivity index (χ1) is 7.76. The van der Waals surface area contributed by atoms with E-state index in [9.17, 15) is 0 Å². The topological polar surface area (TPSA) is 38.4 Å². The van der Waals surface area contributed by atoms with Crippen LogP contribution in [0.1, 0.15) is 61.2 Å². The lowest BCUT2D eigenvalue weighted by molar-refractivity contribution is 0.521. The molecule has 2 heteroatoms. The SMILES string of the molecule is CC.CC/C=C\C(N)=N[C@H]1CC[C@H](CC)C1.[HH]. The van der Waals surface area contributed by atoms with Gasteiger partial charge in [0.15, 0.2) is 0 Å². The Balaban J connectivity index is 0. The monoisotopic (exact) mass is 226 g/mol. The van der Waals surface area contributed by atoms with E-state index in [2.05, 4.69) is 24.9 Å². The third-order valence-electron chi connectivity index (χ3n) is 2.95. The average molecular weight is 226 g/mol. The molecular weight excluding hydrogens is 196 g/mol. The largest absolute Gasteiger partial charge is 0.384 e. The molecule has 0 heterocycles. The average Bonchev–Trinajstić information content (AvgIpc) is 2.76. The predicted octanol–water partition coefficient (Wildman–Crippen LogP) is 4.16. The van der Waals surface area contributed by atoms with Gasteiger partial charge in [0.05, 0.1) is 6.04 Å². The second-order valence-electron chi connectivity index (χ2n) is 4.11. The van der Waals surface area contributed by atoms with Crippen LogP contribution in [0.4, 0.5) is 0 Å². The van der Waals surface area contributed by atoms with E-state index in [0.717, 1.165) is 12.3 Å². The summed E-state index contributed by atoms with van der Waals surface area (Å²) in [6.07, 6.45) is 10.1. The van der Waals surface area contributed by atoms with E-state index in [0.29, 0.717) is 11.9 Å². The Bertz CT molecular complexity index is 224. The van der Waals surface area contributed by atoms with Crippen LogP contribution >= 0.6 is 0 Å². The van der Waals surface area contributed by atoms with Gasteiger partial charge >= 0.3 is 0 Å². The van der Waals surface area contributed by atoms with Gasteiger partial charge in [0.25, 0.3) is 0 Å². The van der Waals surface area contributed by atoms with Crippen LogP contribution < -0.4 is 5.73 Å². The van der Waals surface area contributed by atoms with E-state index in [-0.39, 0.29) is 1.43 Å². The van der Waals surface area contributed by atoms with E-state index < -0.39 is 0 Å². The molecule has 2 N–H and O–H groups in total. The van der Waals surface area contributed by atoms with Crippen molar-refractivity contribution >= 4 is 5.84 Å². The van der Waals surface area contributed by atoms with Crippen LogP contribution in [-0.2, 0) is 0 Å². The summed E-state index contributed by atoms with van der Waals surface area (Å²) >= 11 is 0. The molecule has 1 aliphatic carbocycles. The molecular formula is C14H30N2. The molecule has 0 unspecified atom stereocenters. The van der Waals surface area contributed by atoms with Gasteiger partial charge in [0.2, 0.25) is 0 Å². The maximum atomic E-state index is 5.79. The molecule has 0 radical (unpaired) electrons. The van der Waals surface area contributed by atoms with Gasteiger partial charge in [-0.3, -0.25) is 4.99 Å². The van der Waals surface area contributed by atoms with Gasteiger partial charge in [-0.15, -0.1) is 0 Å². The first-order valence-electron chi connectivity index (χ1n) is 6.76. The lowest BCUT2D eigenvalue weighted by atomic mass is 10.1. The molecule has 2 nitrogen and oxygen atoms in total. The minimum atomic E-state index is 0. The third kappa shape index (κ3) is 5.94. The Morgan fingerprint density at radius 1 is 1.38 bits per heavy atom. The van der Waals surface area contributed by atoms with Crippen molar-refractivity contribution in [1.82, 2.24) is 0 Å². The van der Waals surface area contributed by atoms with Crippen LogP contribution in [0.15, 0.2) is 17.1 Å². The molecule has 0 aromatic carbocycles. The van der Waals surface area contributed by atoms with Crippen LogP contribution in [0, 0.1) is 5.92 Å². The fourth-order valence-corrected chi connectivity index (χ4v) is 2.03. The number of rotatable bonds is 4. The normalized spacial score (nSPS) is 25.6. The highest BCUT2D eigenvalue weighted by Crippen LogP contribution is 2.29. The minimum Gasteiger partial charge on any atom is -0.384 e. The van der Waals surface area contributed by atoms with E-state index in [1.54, 1.807) is 0 Å². The van der Waals surface area contributed by atoms with Gasteiger partial charge < -0.3 is 5.73 Å². The molecule has 1 rings (SSSR count). The maximum absolute atomic E-state index is 5.79. The summed E-state index contributed by atoms with van der Waals surface area (Å²) < 4.78 is 0. The lowest BCUT2D eigenvalue weighted by Gasteiger charge is -2.05. The van der Waals surface area contributed by atoms with E-state index in [1.165, 1.54) is 25.7 Å². The van der Waals surface area contributed by atoms with E-state index in [4.69, 9.17) is 5.73 Å². The number of amidine groups is 1. The molecule has 0 bridgehead atoms. The highest BCUT2D eigenvalue weighted by atomic mass is 14.9. The molecule has 0 spiro atoms. The van der Waals surface area contributed by atoms with Crippen molar-refractivity contribution in [3.63, 3.8) is 0 Å². The van der Waals surface area contributed by atoms with E-state index in [1.807, 2.05) is 19.9 Å². The molecule has 1 fully saturated rings. The number of hydrogen-bond acceptors (Lipinski definition) is 1. The summed E-state index contributed by atoms with van der Waals surface area (Å²) in [5.74, 6) is 1.58. The zero-order chi connectivity index (χ0) is 12.4. The second kappa shape index (κ2) is 9.44. The summed E-state index contributed by atoms with van der Waals surface area (Å²) in [6.45, 7) is 8.36. The molecule has 2 atom stereocenters. The number of hydrogen-bond donors (Lipinski definition) is 1. The van der Waals surface area contributed by atoms with E-state index >= 15 is 0 Å². The zero-order valence-corrected chi connectivity index (χ0v) is 11.4. The first-order valence-corrected chi connectivity index (χ1v) is 6.76. The smallest absolute Gasteiger partial charge is 0.118 e. The number of aliphatic imine (C=N–C) groups is 1. The Kier molecular flexibility index (Phi) is 8.97. The molecule has 0 aliphatic heterocycles. The lowest BCUT2D eigenvalue weighted by Crippen LogP contribution is -2.12. The summed E-state index contributed by atoms with van der Waals surface area (Å²) in [5, 5.41) is 0. The molecule has 0 saturated heterocycles. The predicted molar refractivity (Wildman–Crippen MR) is 75.9 cm³/mol. The second-order valence-corrected chi connectivity index (χ2v) is 4.11. The van der Waals surface area contributed by atoms with Crippen molar-refractivity contribution in [3.05, 3.63) is 12.2 Å². The van der Waals surface area contributed by atoms with Gasteiger partial charge in [-0.1, -0.05) is 40.2 Å². The standard InChI is InChI=1S/C12H22N2.C2H6.H2/c1-3-5-6-12(13)14-11-8-7-10(4-2)9-11;1-2;/h5-6,10-11H,3-4,7-9H2,1-2H3,(H2,13,14);1-2H3;1H/b6-5-;;/t10-,11-;;/m0../s1. The molecule has 16 heavy (non-hydrogen) atoms. The molecule has 1 saturated carbocycles. The fraction of sp³-hybridized carbons (Fsp3) is 0.786. The van der Waals surface area contributed by atoms with Crippen molar-refractivity contribution in [1.29, 1.82) is 0 Å². The van der Waals surface area contributed by atoms with Gasteiger partial charge in [0, 0.05) is 1.43 Å². The highest BCUT2D eigenvalue weighted by molar-refractivity contribution is 5.91. The summed E-state index contributed by atoms with van der Waals surface area (Å²) in [4.78, 5) is 4.52. The number of nitrogens with two attached hydrogens (primary N) is 1. The Labute approximate surface area is 103 Å². The fourth-order valence-electron chi connectivity index (χ4n) is 2.03. The van der Waals surface area contributed by atoms with Crippen LogP contribution in [0.5, 0.6) is 0 Å². The van der Waals surface area contributed by atoms with Crippen LogP contribution in [0.3, 0.4) is 0 Å². The molecule has 1 aliphatic rings. The summed E-state index contributed by atoms with van der Waals surface area (Å²) in [7, 11) is 0. The number of allylic oxidation sites excluding steroid dienone is 1. The van der Waals surface area contributed by atoms with Crippen molar-refractivity contribution in [2.75, 3.05) is 0 Å². The van der Waals surface area contributed by atoms with Gasteiger partial charge in [-0.05, 0) is 37.7 Å². The van der Waals surface area contributed by atoms with Crippen LogP contribution in [0.2, 0.25) is 0 Å². The minimum absolute atomic E-state index is 0. The zero-order valence-electron chi connectivity index (χ0n) is 11.4. The summed E-state index contributed by atoms with van der Waals surface area (Å²) in [5.41, 5.74) is 5.79. The molecule has 0 aromatic heterocycles. The third-order valence-corrected chi connectivity index (χ3v) is 2.95. The van der Waals surface area contributed by atoms with Crippen LogP contribution in [0.25, 0.3) is 0 Å². The maximum Gasteiger partial charge on any atom is 0.118 e. The van der Waals surface area contributed by atoms with Gasteiger partial charge in [-0.2, -0.15) is 0 Å². The Morgan fingerprint density at radius 3 is 2.56 bits per heavy atom. The number of nitrogens with zero attached hydrogens (tertiary/aromatic N) is 1. The van der Waals surface area contributed by atoms with Crippen molar-refractivity contribution in [2.24, 2.45) is 16.6 Å². The van der Waals surface area contributed by atoms with Gasteiger partial charge in [-0.25, -0.2) is 0 Å². The van der Waals surface area contributed by atoms with Crippen molar-refractivity contribution in [2.45, 2.75) is 65.8 Å². The summed E-state index contributed by atoms with van der Waals surface area (Å²) in [6, 6.07) is 0.487. The Morgan fingerprint density at radius 2 is 2.06 bits per heavy atom. The molecule has 0 amide bonds. The quantitative estimate of drug-likeness (QED) is 0.567. The van der Waals surface area contributed by atoms with Crippen molar-refractivity contribution in [3.8, 4) is 0 Å². The molecule has 0 aromatic rings. The van der Waals surface area contributed by atoms with Crippen LogP contribution in [-0.4, -0.2) is 11.9 Å². The Hall–Kier alpha value is -0.790.